The van der Waals surface area contributed by atoms with E-state index in [2.05, 4.69) is 30.4 Å². The predicted molar refractivity (Wildman–Crippen MR) is 82.5 cm³/mol. The summed E-state index contributed by atoms with van der Waals surface area (Å²) >= 11 is 0. The topological polar surface area (TPSA) is 30.5 Å². The highest BCUT2D eigenvalue weighted by atomic mass is 16.5. The molecular formula is C17H21NO2. The van der Waals surface area contributed by atoms with E-state index in [1.54, 1.807) is 14.2 Å². The zero-order valence-corrected chi connectivity index (χ0v) is 12.5. The largest absolute Gasteiger partial charge is 0.496 e. The Morgan fingerprint density at radius 2 is 1.65 bits per heavy atom. The molecule has 0 amide bonds. The van der Waals surface area contributed by atoms with Crippen molar-refractivity contribution in [3.8, 4) is 22.6 Å². The van der Waals surface area contributed by atoms with E-state index in [-0.39, 0.29) is 0 Å². The summed E-state index contributed by atoms with van der Waals surface area (Å²) in [7, 11) is 5.32. The Morgan fingerprint density at radius 3 is 2.15 bits per heavy atom. The van der Waals surface area contributed by atoms with Gasteiger partial charge in [-0.05, 0) is 42.8 Å². The lowest BCUT2D eigenvalue weighted by Gasteiger charge is -2.15. The summed E-state index contributed by atoms with van der Waals surface area (Å²) < 4.78 is 11.0. The van der Waals surface area contributed by atoms with Crippen LogP contribution in [-0.2, 0) is 6.54 Å². The minimum Gasteiger partial charge on any atom is -0.496 e. The molecule has 0 aliphatic heterocycles. The van der Waals surface area contributed by atoms with E-state index in [0.717, 1.165) is 29.2 Å². The van der Waals surface area contributed by atoms with Crippen molar-refractivity contribution >= 4 is 0 Å². The molecule has 1 N–H and O–H groups in total. The second-order valence-electron chi connectivity index (χ2n) is 4.72. The third-order valence-corrected chi connectivity index (χ3v) is 3.37. The van der Waals surface area contributed by atoms with E-state index < -0.39 is 0 Å². The maximum absolute atomic E-state index is 5.48. The highest BCUT2D eigenvalue weighted by Crippen LogP contribution is 2.39. The van der Waals surface area contributed by atoms with Gasteiger partial charge in [0, 0.05) is 6.54 Å². The number of methoxy groups -OCH3 is 2. The zero-order chi connectivity index (χ0) is 14.5. The fraction of sp³-hybridized carbons (Fsp3) is 0.294. The van der Waals surface area contributed by atoms with E-state index in [0.29, 0.717) is 0 Å². The number of hydrogen-bond donors (Lipinski definition) is 1. The van der Waals surface area contributed by atoms with Gasteiger partial charge < -0.3 is 14.8 Å². The molecule has 3 nitrogen and oxygen atoms in total. The van der Waals surface area contributed by atoms with Crippen LogP contribution in [0.1, 0.15) is 11.1 Å². The highest BCUT2D eigenvalue weighted by Gasteiger charge is 2.14. The molecule has 0 aromatic heterocycles. The van der Waals surface area contributed by atoms with Gasteiger partial charge in [0.2, 0.25) is 0 Å². The van der Waals surface area contributed by atoms with Crippen LogP contribution in [0.4, 0.5) is 0 Å². The van der Waals surface area contributed by atoms with Gasteiger partial charge in [0.15, 0.2) is 0 Å². The van der Waals surface area contributed by atoms with Gasteiger partial charge in [-0.1, -0.05) is 24.3 Å². The van der Waals surface area contributed by atoms with E-state index >= 15 is 0 Å². The Hall–Kier alpha value is -2.00. The SMILES string of the molecule is CNCc1ccc(-c2c(OC)cccc2OC)c(C)c1. The second kappa shape index (κ2) is 6.44. The Labute approximate surface area is 120 Å². The number of hydrogen-bond acceptors (Lipinski definition) is 3. The van der Waals surface area contributed by atoms with Crippen molar-refractivity contribution in [3.05, 3.63) is 47.5 Å². The normalized spacial score (nSPS) is 10.4. The summed E-state index contributed by atoms with van der Waals surface area (Å²) in [6.07, 6.45) is 0. The van der Waals surface area contributed by atoms with E-state index in [1.807, 2.05) is 25.2 Å². The molecule has 3 heteroatoms. The Morgan fingerprint density at radius 1 is 1.00 bits per heavy atom. The molecular weight excluding hydrogens is 250 g/mol. The maximum Gasteiger partial charge on any atom is 0.130 e. The summed E-state index contributed by atoms with van der Waals surface area (Å²) in [5, 5.41) is 3.17. The molecule has 0 saturated heterocycles. The van der Waals surface area contributed by atoms with Gasteiger partial charge in [0.25, 0.3) is 0 Å². The van der Waals surface area contributed by atoms with Crippen LogP contribution in [-0.4, -0.2) is 21.3 Å². The van der Waals surface area contributed by atoms with Crippen LogP contribution in [0, 0.1) is 6.92 Å². The van der Waals surface area contributed by atoms with Gasteiger partial charge in [-0.25, -0.2) is 0 Å². The number of rotatable bonds is 5. The molecule has 2 aromatic carbocycles. The first-order valence-corrected chi connectivity index (χ1v) is 6.66. The molecule has 0 fully saturated rings. The molecule has 0 atom stereocenters. The van der Waals surface area contributed by atoms with Crippen LogP contribution < -0.4 is 14.8 Å². The van der Waals surface area contributed by atoms with E-state index in [1.165, 1.54) is 11.1 Å². The molecule has 0 aliphatic carbocycles. The fourth-order valence-corrected chi connectivity index (χ4v) is 2.44. The summed E-state index contributed by atoms with van der Waals surface area (Å²) in [6.45, 7) is 2.98. The molecule has 0 aliphatic rings. The van der Waals surface area contributed by atoms with Crippen LogP contribution in [0.25, 0.3) is 11.1 Å². The molecule has 0 saturated carbocycles. The van der Waals surface area contributed by atoms with Crippen molar-refractivity contribution < 1.29 is 9.47 Å². The molecule has 2 aromatic rings. The third-order valence-electron chi connectivity index (χ3n) is 3.37. The van der Waals surface area contributed by atoms with Crippen LogP contribution in [0.2, 0.25) is 0 Å². The van der Waals surface area contributed by atoms with Crippen molar-refractivity contribution in [1.82, 2.24) is 5.32 Å². The molecule has 106 valence electrons. The van der Waals surface area contributed by atoms with Crippen molar-refractivity contribution in [2.45, 2.75) is 13.5 Å². The van der Waals surface area contributed by atoms with E-state index in [4.69, 9.17) is 9.47 Å². The number of ether oxygens (including phenoxy) is 2. The average Bonchev–Trinajstić information content (AvgIpc) is 2.47. The summed E-state index contributed by atoms with van der Waals surface area (Å²) in [4.78, 5) is 0. The predicted octanol–water partition coefficient (Wildman–Crippen LogP) is 3.40. The monoisotopic (exact) mass is 271 g/mol. The molecule has 0 unspecified atom stereocenters. The molecule has 2 rings (SSSR count). The first kappa shape index (κ1) is 14.4. The van der Waals surface area contributed by atoms with Crippen molar-refractivity contribution in [2.24, 2.45) is 0 Å². The van der Waals surface area contributed by atoms with Gasteiger partial charge in [-0.2, -0.15) is 0 Å². The lowest BCUT2D eigenvalue weighted by molar-refractivity contribution is 0.397. The van der Waals surface area contributed by atoms with Crippen molar-refractivity contribution in [3.63, 3.8) is 0 Å². The number of benzene rings is 2. The number of nitrogens with one attached hydrogen (secondary N) is 1. The van der Waals surface area contributed by atoms with Crippen LogP contribution >= 0.6 is 0 Å². The van der Waals surface area contributed by atoms with Gasteiger partial charge in [-0.3, -0.25) is 0 Å². The lowest BCUT2D eigenvalue weighted by Crippen LogP contribution is -2.05. The van der Waals surface area contributed by atoms with Gasteiger partial charge in [-0.15, -0.1) is 0 Å². The van der Waals surface area contributed by atoms with Crippen LogP contribution in [0.5, 0.6) is 11.5 Å². The van der Waals surface area contributed by atoms with Gasteiger partial charge >= 0.3 is 0 Å². The molecule has 0 radical (unpaired) electrons. The minimum absolute atomic E-state index is 0.828. The van der Waals surface area contributed by atoms with Gasteiger partial charge in [0.1, 0.15) is 11.5 Å². The summed E-state index contributed by atoms with van der Waals surface area (Å²) in [5.41, 5.74) is 4.62. The molecule has 0 spiro atoms. The molecule has 0 bridgehead atoms. The molecule has 0 heterocycles. The Bertz CT molecular complexity index is 571. The third kappa shape index (κ3) is 2.78. The smallest absolute Gasteiger partial charge is 0.130 e. The van der Waals surface area contributed by atoms with Crippen molar-refractivity contribution in [1.29, 1.82) is 0 Å². The van der Waals surface area contributed by atoms with Crippen molar-refractivity contribution in [2.75, 3.05) is 21.3 Å². The number of aryl methyl sites for hydroxylation is 1. The Kier molecular flexibility index (Phi) is 4.64. The quantitative estimate of drug-likeness (QED) is 0.904. The van der Waals surface area contributed by atoms with Crippen LogP contribution in [0.3, 0.4) is 0 Å². The highest BCUT2D eigenvalue weighted by molar-refractivity contribution is 5.79. The second-order valence-corrected chi connectivity index (χ2v) is 4.72. The molecule has 20 heavy (non-hydrogen) atoms. The standard InChI is InChI=1S/C17H21NO2/c1-12-10-13(11-18-2)8-9-14(12)17-15(19-3)6-5-7-16(17)20-4/h5-10,18H,11H2,1-4H3. The first-order chi connectivity index (χ1) is 9.71. The minimum atomic E-state index is 0.828. The fourth-order valence-electron chi connectivity index (χ4n) is 2.44. The first-order valence-electron chi connectivity index (χ1n) is 6.66. The maximum atomic E-state index is 5.48. The summed E-state index contributed by atoms with van der Waals surface area (Å²) in [6, 6.07) is 12.3. The van der Waals surface area contributed by atoms with Gasteiger partial charge in [0.05, 0.1) is 19.8 Å². The van der Waals surface area contributed by atoms with Crippen LogP contribution in [0.15, 0.2) is 36.4 Å². The lowest BCUT2D eigenvalue weighted by atomic mass is 9.96. The zero-order valence-electron chi connectivity index (χ0n) is 12.5. The average molecular weight is 271 g/mol. The Balaban J connectivity index is 2.56. The summed E-state index contributed by atoms with van der Waals surface area (Å²) in [5.74, 6) is 1.66. The van der Waals surface area contributed by atoms with E-state index in [9.17, 15) is 0 Å².